The van der Waals surface area contributed by atoms with Gasteiger partial charge >= 0.3 is 0 Å². The van der Waals surface area contributed by atoms with Gasteiger partial charge in [-0.1, -0.05) is 15.9 Å². The smallest absolute Gasteiger partial charge is 0.262 e. The molecule has 1 aliphatic rings. The van der Waals surface area contributed by atoms with Crippen molar-refractivity contribution in [3.05, 3.63) is 70.1 Å². The molecule has 28 heavy (non-hydrogen) atoms. The summed E-state index contributed by atoms with van der Waals surface area (Å²) >= 11 is 3.45. The number of carbonyl (C=O) groups is 1. The molecule has 4 rings (SSSR count). The molecule has 1 amide bonds. The van der Waals surface area contributed by atoms with E-state index in [-0.39, 0.29) is 12.6 Å². The maximum atomic E-state index is 13.7. The number of anilines is 1. The van der Waals surface area contributed by atoms with Crippen molar-refractivity contribution in [3.63, 3.8) is 0 Å². The third kappa shape index (κ3) is 3.40. The van der Waals surface area contributed by atoms with Crippen LogP contribution in [0.1, 0.15) is 10.4 Å². The molecule has 1 aromatic heterocycles. The van der Waals surface area contributed by atoms with E-state index in [2.05, 4.69) is 26.2 Å². The molecule has 9 heteroatoms. The van der Waals surface area contributed by atoms with E-state index < -0.39 is 28.9 Å². The monoisotopic (exact) mass is 450 g/mol. The molecule has 1 aliphatic heterocycles. The fraction of sp³-hybridized carbons (Fsp3) is 0.0526. The lowest BCUT2D eigenvalue weighted by Crippen LogP contribution is -2.17. The van der Waals surface area contributed by atoms with Gasteiger partial charge in [0.1, 0.15) is 28.8 Å². The van der Waals surface area contributed by atoms with Crippen molar-refractivity contribution in [2.24, 2.45) is 0 Å². The zero-order valence-corrected chi connectivity index (χ0v) is 15.5. The van der Waals surface area contributed by atoms with Gasteiger partial charge in [0.25, 0.3) is 5.91 Å². The number of hydrogen-bond donors (Lipinski definition) is 1. The maximum absolute atomic E-state index is 13.7. The molecule has 5 nitrogen and oxygen atoms in total. The lowest BCUT2D eigenvalue weighted by atomic mass is 10.1. The Morgan fingerprint density at radius 1 is 1.04 bits per heavy atom. The summed E-state index contributed by atoms with van der Waals surface area (Å²) in [6.45, 7) is 0.144. The fourth-order valence-corrected chi connectivity index (χ4v) is 3.25. The van der Waals surface area contributed by atoms with Crippen LogP contribution < -0.4 is 14.8 Å². The van der Waals surface area contributed by atoms with Gasteiger partial charge in [0.2, 0.25) is 6.79 Å². The second-order valence-corrected chi connectivity index (χ2v) is 6.67. The van der Waals surface area contributed by atoms with Crippen molar-refractivity contribution < 1.29 is 27.4 Å². The summed E-state index contributed by atoms with van der Waals surface area (Å²) in [5.41, 5.74) is 0.610. The Balaban J connectivity index is 1.57. The fourth-order valence-electron chi connectivity index (χ4n) is 2.70. The maximum Gasteiger partial charge on any atom is 0.262 e. The first-order valence-electron chi connectivity index (χ1n) is 7.94. The van der Waals surface area contributed by atoms with E-state index >= 15 is 0 Å². The molecule has 2 heterocycles. The Bertz CT molecular complexity index is 1070. The minimum Gasteiger partial charge on any atom is -0.454 e. The number of aromatic nitrogens is 1. The van der Waals surface area contributed by atoms with Gasteiger partial charge in [-0.15, -0.1) is 0 Å². The van der Waals surface area contributed by atoms with Gasteiger partial charge in [0.15, 0.2) is 11.5 Å². The van der Waals surface area contributed by atoms with E-state index in [1.165, 1.54) is 12.3 Å². The van der Waals surface area contributed by atoms with Crippen molar-refractivity contribution in [1.82, 2.24) is 4.98 Å². The lowest BCUT2D eigenvalue weighted by molar-refractivity contribution is 0.101. The zero-order chi connectivity index (χ0) is 19.8. The molecule has 0 spiro atoms. The molecular formula is C19H10BrF3N2O3. The summed E-state index contributed by atoms with van der Waals surface area (Å²) in [6, 6.07) is 7.57. The summed E-state index contributed by atoms with van der Waals surface area (Å²) in [4.78, 5) is 16.2. The number of benzene rings is 2. The molecular weight excluding hydrogens is 441 g/mol. The van der Waals surface area contributed by atoms with Crippen LogP contribution >= 0.6 is 15.9 Å². The number of nitrogens with zero attached hydrogens (tertiary/aromatic N) is 1. The highest BCUT2D eigenvalue weighted by Gasteiger charge is 2.20. The molecule has 0 atom stereocenters. The first-order chi connectivity index (χ1) is 13.4. The third-order valence-electron chi connectivity index (χ3n) is 4.01. The number of ether oxygens (including phenoxy) is 2. The predicted octanol–water partition coefficient (Wildman–Crippen LogP) is 4.91. The largest absolute Gasteiger partial charge is 0.454 e. The van der Waals surface area contributed by atoms with Gasteiger partial charge in [-0.3, -0.25) is 4.79 Å². The van der Waals surface area contributed by atoms with Crippen molar-refractivity contribution in [2.75, 3.05) is 12.1 Å². The summed E-state index contributed by atoms with van der Waals surface area (Å²) in [7, 11) is 0. The molecule has 3 aromatic rings. The van der Waals surface area contributed by atoms with Crippen LogP contribution in [0.5, 0.6) is 11.5 Å². The number of carbonyl (C=O) groups excluding carboxylic acids is 1. The number of amides is 1. The number of pyridine rings is 1. The van der Waals surface area contributed by atoms with Gasteiger partial charge in [-0.05, 0) is 24.3 Å². The standard InChI is InChI=1S/C19H10BrF3N2O3/c20-12-6-16-15(27-8-28-16)5-11(12)9-1-2-17(24-7-9)25-19(26)18-13(22)3-10(21)4-14(18)23/h1-7H,8H2,(H,24,25,26). The number of rotatable bonds is 3. The number of halogens is 4. The Kier molecular flexibility index (Phi) is 4.68. The highest BCUT2D eigenvalue weighted by atomic mass is 79.9. The second kappa shape index (κ2) is 7.16. The average Bonchev–Trinajstić information content (AvgIpc) is 3.08. The molecule has 0 unspecified atom stereocenters. The minimum atomic E-state index is -1.30. The van der Waals surface area contributed by atoms with E-state index in [1.54, 1.807) is 18.2 Å². The van der Waals surface area contributed by atoms with Crippen LogP contribution in [0.2, 0.25) is 0 Å². The van der Waals surface area contributed by atoms with Crippen LogP contribution in [0.15, 0.2) is 47.1 Å². The van der Waals surface area contributed by atoms with Crippen LogP contribution in [0, 0.1) is 17.5 Å². The highest BCUT2D eigenvalue weighted by molar-refractivity contribution is 9.10. The van der Waals surface area contributed by atoms with Gasteiger partial charge in [-0.2, -0.15) is 0 Å². The normalized spacial score (nSPS) is 12.1. The SMILES string of the molecule is O=C(Nc1ccc(-c2cc3c(cc2Br)OCO3)cn1)c1c(F)cc(F)cc1F. The molecule has 0 saturated heterocycles. The third-order valence-corrected chi connectivity index (χ3v) is 4.67. The van der Waals surface area contributed by atoms with Gasteiger partial charge in [0, 0.05) is 33.9 Å². The van der Waals surface area contributed by atoms with E-state index in [1.807, 2.05) is 0 Å². The van der Waals surface area contributed by atoms with Crippen molar-refractivity contribution >= 4 is 27.7 Å². The van der Waals surface area contributed by atoms with E-state index in [4.69, 9.17) is 9.47 Å². The lowest BCUT2D eigenvalue weighted by Gasteiger charge is -2.09. The Morgan fingerprint density at radius 2 is 1.71 bits per heavy atom. The van der Waals surface area contributed by atoms with Crippen LogP contribution in [0.4, 0.5) is 19.0 Å². The Labute approximate surface area is 165 Å². The van der Waals surface area contributed by atoms with E-state index in [0.29, 0.717) is 29.2 Å². The summed E-state index contributed by atoms with van der Waals surface area (Å²) < 4.78 is 51.8. The molecule has 0 bridgehead atoms. The molecule has 0 saturated carbocycles. The molecule has 0 fully saturated rings. The number of nitrogens with one attached hydrogen (secondary N) is 1. The second-order valence-electron chi connectivity index (χ2n) is 5.82. The molecule has 2 aromatic carbocycles. The average molecular weight is 451 g/mol. The van der Waals surface area contributed by atoms with Crippen molar-refractivity contribution in [3.8, 4) is 22.6 Å². The Hall–Kier alpha value is -3.07. The topological polar surface area (TPSA) is 60.5 Å². The highest BCUT2D eigenvalue weighted by Crippen LogP contribution is 2.41. The zero-order valence-electron chi connectivity index (χ0n) is 13.9. The van der Waals surface area contributed by atoms with Crippen molar-refractivity contribution in [1.29, 1.82) is 0 Å². The minimum absolute atomic E-state index is 0.0775. The van der Waals surface area contributed by atoms with Crippen LogP contribution in [-0.2, 0) is 0 Å². The molecule has 0 aliphatic carbocycles. The Morgan fingerprint density at radius 3 is 2.36 bits per heavy atom. The summed E-state index contributed by atoms with van der Waals surface area (Å²) in [6.07, 6.45) is 1.48. The molecule has 1 N–H and O–H groups in total. The predicted molar refractivity (Wildman–Crippen MR) is 97.8 cm³/mol. The molecule has 0 radical (unpaired) electrons. The number of hydrogen-bond acceptors (Lipinski definition) is 4. The van der Waals surface area contributed by atoms with Crippen LogP contribution in [0.25, 0.3) is 11.1 Å². The van der Waals surface area contributed by atoms with E-state index in [0.717, 1.165) is 10.0 Å². The van der Waals surface area contributed by atoms with Crippen molar-refractivity contribution in [2.45, 2.75) is 0 Å². The summed E-state index contributed by atoms with van der Waals surface area (Å²) in [5, 5.41) is 2.29. The number of fused-ring (bicyclic) bond motifs is 1. The summed E-state index contributed by atoms with van der Waals surface area (Å²) in [5.74, 6) is -3.47. The first-order valence-corrected chi connectivity index (χ1v) is 8.73. The van der Waals surface area contributed by atoms with Gasteiger partial charge in [-0.25, -0.2) is 18.2 Å². The van der Waals surface area contributed by atoms with Crippen LogP contribution in [0.3, 0.4) is 0 Å². The molecule has 142 valence electrons. The van der Waals surface area contributed by atoms with Crippen LogP contribution in [-0.4, -0.2) is 17.7 Å². The quantitative estimate of drug-likeness (QED) is 0.615. The van der Waals surface area contributed by atoms with Gasteiger partial charge in [0.05, 0.1) is 0 Å². The van der Waals surface area contributed by atoms with Gasteiger partial charge < -0.3 is 14.8 Å². The van der Waals surface area contributed by atoms with E-state index in [9.17, 15) is 18.0 Å². The first kappa shape index (κ1) is 18.3.